The minimum atomic E-state index is 0.926. The molecule has 1 aromatic carbocycles. The molecule has 1 heterocycles. The van der Waals surface area contributed by atoms with Crippen LogP contribution in [0.1, 0.15) is 22.4 Å². The molecule has 2 rings (SSSR count). The quantitative estimate of drug-likeness (QED) is 0.817. The molecule has 0 aliphatic heterocycles. The lowest BCUT2D eigenvalue weighted by molar-refractivity contribution is 0.665. The molecule has 0 bridgehead atoms. The van der Waals surface area contributed by atoms with Crippen molar-refractivity contribution in [1.82, 2.24) is 15.1 Å². The number of nitrogens with one attached hydrogen (secondary N) is 1. The lowest BCUT2D eigenvalue weighted by Gasteiger charge is -2.06. The zero-order valence-electron chi connectivity index (χ0n) is 11.4. The van der Waals surface area contributed by atoms with E-state index in [4.69, 9.17) is 0 Å². The summed E-state index contributed by atoms with van der Waals surface area (Å²) >= 11 is 0. The number of hydrogen-bond donors (Lipinski definition) is 1. The molecule has 0 aliphatic rings. The fraction of sp³-hybridized carbons (Fsp3) is 0.400. The fourth-order valence-electron chi connectivity index (χ4n) is 2.22. The Bertz CT molecular complexity index is 494. The van der Waals surface area contributed by atoms with Gasteiger partial charge in [0.25, 0.3) is 0 Å². The molecule has 0 amide bonds. The average molecular weight is 243 g/mol. The Balaban J connectivity index is 1.78. The molecule has 0 aliphatic carbocycles. The van der Waals surface area contributed by atoms with Crippen LogP contribution in [0.25, 0.3) is 0 Å². The summed E-state index contributed by atoms with van der Waals surface area (Å²) in [6.07, 6.45) is 2.96. The highest BCUT2D eigenvalue weighted by Crippen LogP contribution is 2.08. The molecule has 0 radical (unpaired) electrons. The van der Waals surface area contributed by atoms with E-state index in [1.165, 1.54) is 16.7 Å². The van der Waals surface area contributed by atoms with Crippen molar-refractivity contribution in [1.29, 1.82) is 0 Å². The molecule has 0 saturated carbocycles. The Hall–Kier alpha value is -1.61. The van der Waals surface area contributed by atoms with Gasteiger partial charge in [0.1, 0.15) is 0 Å². The van der Waals surface area contributed by atoms with Gasteiger partial charge in [-0.15, -0.1) is 0 Å². The van der Waals surface area contributed by atoms with Gasteiger partial charge in [0.15, 0.2) is 0 Å². The summed E-state index contributed by atoms with van der Waals surface area (Å²) in [6, 6.07) is 8.75. The molecular formula is C15H21N3. The molecule has 0 atom stereocenters. The van der Waals surface area contributed by atoms with Crippen molar-refractivity contribution >= 4 is 0 Å². The van der Waals surface area contributed by atoms with E-state index in [-0.39, 0.29) is 0 Å². The molecule has 0 spiro atoms. The first-order chi connectivity index (χ1) is 8.63. The van der Waals surface area contributed by atoms with Crippen molar-refractivity contribution in [2.75, 3.05) is 6.54 Å². The summed E-state index contributed by atoms with van der Waals surface area (Å²) in [4.78, 5) is 0. The van der Waals surface area contributed by atoms with Gasteiger partial charge in [-0.2, -0.15) is 5.10 Å². The van der Waals surface area contributed by atoms with Crippen LogP contribution in [0.2, 0.25) is 0 Å². The zero-order valence-corrected chi connectivity index (χ0v) is 11.4. The Morgan fingerprint density at radius 1 is 1.17 bits per heavy atom. The summed E-state index contributed by atoms with van der Waals surface area (Å²) < 4.78 is 1.85. The van der Waals surface area contributed by atoms with Crippen molar-refractivity contribution < 1.29 is 0 Å². The van der Waals surface area contributed by atoms with Crippen LogP contribution in [-0.4, -0.2) is 16.3 Å². The minimum Gasteiger partial charge on any atom is -0.312 e. The highest BCUT2D eigenvalue weighted by molar-refractivity contribution is 5.28. The van der Waals surface area contributed by atoms with Crippen molar-refractivity contribution in [3.05, 3.63) is 52.8 Å². The van der Waals surface area contributed by atoms with Gasteiger partial charge in [0, 0.05) is 32.8 Å². The van der Waals surface area contributed by atoms with E-state index >= 15 is 0 Å². The Labute approximate surface area is 109 Å². The van der Waals surface area contributed by atoms with Crippen LogP contribution in [0, 0.1) is 13.8 Å². The molecule has 96 valence electrons. The van der Waals surface area contributed by atoms with Gasteiger partial charge in [-0.1, -0.05) is 29.3 Å². The van der Waals surface area contributed by atoms with E-state index in [2.05, 4.69) is 48.5 Å². The number of aromatic nitrogens is 2. The SMILES string of the molecule is Cc1cc(C)cc(CNCCc2ccn(C)n2)c1. The molecule has 0 unspecified atom stereocenters. The summed E-state index contributed by atoms with van der Waals surface area (Å²) in [5.74, 6) is 0. The topological polar surface area (TPSA) is 29.9 Å². The van der Waals surface area contributed by atoms with Crippen LogP contribution in [0.15, 0.2) is 30.5 Å². The third-order valence-electron chi connectivity index (χ3n) is 2.94. The maximum absolute atomic E-state index is 4.36. The summed E-state index contributed by atoms with van der Waals surface area (Å²) in [7, 11) is 1.95. The monoisotopic (exact) mass is 243 g/mol. The fourth-order valence-corrected chi connectivity index (χ4v) is 2.22. The predicted octanol–water partition coefficient (Wildman–Crippen LogP) is 2.37. The van der Waals surface area contributed by atoms with Crippen molar-refractivity contribution in [2.24, 2.45) is 7.05 Å². The molecule has 2 aromatic rings. The largest absolute Gasteiger partial charge is 0.312 e. The zero-order chi connectivity index (χ0) is 13.0. The maximum atomic E-state index is 4.36. The molecule has 3 nitrogen and oxygen atoms in total. The summed E-state index contributed by atoms with van der Waals surface area (Å²) in [6.45, 7) is 6.17. The number of benzene rings is 1. The first kappa shape index (κ1) is 12.8. The van der Waals surface area contributed by atoms with Gasteiger partial charge in [-0.25, -0.2) is 0 Å². The third-order valence-corrected chi connectivity index (χ3v) is 2.94. The van der Waals surface area contributed by atoms with Crippen molar-refractivity contribution in [3.8, 4) is 0 Å². The van der Waals surface area contributed by atoms with E-state index in [1.807, 2.05) is 17.9 Å². The Morgan fingerprint density at radius 2 is 1.89 bits per heavy atom. The third kappa shape index (κ3) is 3.70. The second-order valence-electron chi connectivity index (χ2n) is 4.90. The van der Waals surface area contributed by atoms with Crippen LogP contribution in [0.4, 0.5) is 0 Å². The van der Waals surface area contributed by atoms with Crippen LogP contribution in [-0.2, 0) is 20.0 Å². The Kier molecular flexibility index (Phi) is 4.15. The molecule has 1 N–H and O–H groups in total. The van der Waals surface area contributed by atoms with Gasteiger partial charge >= 0.3 is 0 Å². The van der Waals surface area contributed by atoms with Crippen LogP contribution in [0.3, 0.4) is 0 Å². The molecule has 0 fully saturated rings. The highest BCUT2D eigenvalue weighted by atomic mass is 15.2. The lowest BCUT2D eigenvalue weighted by Crippen LogP contribution is -2.17. The Morgan fingerprint density at radius 3 is 2.50 bits per heavy atom. The van der Waals surface area contributed by atoms with Gasteiger partial charge < -0.3 is 5.32 Å². The number of aryl methyl sites for hydroxylation is 3. The second-order valence-corrected chi connectivity index (χ2v) is 4.90. The smallest absolute Gasteiger partial charge is 0.0637 e. The van der Waals surface area contributed by atoms with Crippen LogP contribution < -0.4 is 5.32 Å². The maximum Gasteiger partial charge on any atom is 0.0637 e. The van der Waals surface area contributed by atoms with E-state index in [0.717, 1.165) is 25.2 Å². The van der Waals surface area contributed by atoms with Gasteiger partial charge in [0.2, 0.25) is 0 Å². The average Bonchev–Trinajstić information content (AvgIpc) is 2.69. The standard InChI is InChI=1S/C15H21N3/c1-12-8-13(2)10-14(9-12)11-16-6-4-15-5-7-18(3)17-15/h5,7-10,16H,4,6,11H2,1-3H3. The van der Waals surface area contributed by atoms with Crippen molar-refractivity contribution in [3.63, 3.8) is 0 Å². The normalized spacial score (nSPS) is 10.8. The number of nitrogens with zero attached hydrogens (tertiary/aromatic N) is 2. The predicted molar refractivity (Wildman–Crippen MR) is 74.5 cm³/mol. The molecule has 18 heavy (non-hydrogen) atoms. The summed E-state index contributed by atoms with van der Waals surface area (Å²) in [5.41, 5.74) is 5.16. The van der Waals surface area contributed by atoms with Gasteiger partial charge in [0.05, 0.1) is 5.69 Å². The van der Waals surface area contributed by atoms with Crippen LogP contribution in [0.5, 0.6) is 0 Å². The minimum absolute atomic E-state index is 0.926. The van der Waals surface area contributed by atoms with Gasteiger partial charge in [-0.3, -0.25) is 4.68 Å². The highest BCUT2D eigenvalue weighted by Gasteiger charge is 1.98. The van der Waals surface area contributed by atoms with Crippen LogP contribution >= 0.6 is 0 Å². The van der Waals surface area contributed by atoms with E-state index in [9.17, 15) is 0 Å². The lowest BCUT2D eigenvalue weighted by atomic mass is 10.1. The molecular weight excluding hydrogens is 222 g/mol. The first-order valence-electron chi connectivity index (χ1n) is 6.40. The molecule has 0 saturated heterocycles. The van der Waals surface area contributed by atoms with E-state index in [1.54, 1.807) is 0 Å². The first-order valence-corrected chi connectivity index (χ1v) is 6.40. The second kappa shape index (κ2) is 5.83. The number of hydrogen-bond acceptors (Lipinski definition) is 2. The van der Waals surface area contributed by atoms with Crippen molar-refractivity contribution in [2.45, 2.75) is 26.8 Å². The van der Waals surface area contributed by atoms with Gasteiger partial charge in [-0.05, 0) is 25.5 Å². The molecule has 1 aromatic heterocycles. The summed E-state index contributed by atoms with van der Waals surface area (Å²) in [5, 5.41) is 7.82. The molecule has 3 heteroatoms. The van der Waals surface area contributed by atoms with E-state index < -0.39 is 0 Å². The van der Waals surface area contributed by atoms with E-state index in [0.29, 0.717) is 0 Å². The number of rotatable bonds is 5.